The van der Waals surface area contributed by atoms with Crippen molar-refractivity contribution in [3.63, 3.8) is 0 Å². The van der Waals surface area contributed by atoms with Crippen molar-refractivity contribution in [1.29, 1.82) is 0 Å². The van der Waals surface area contributed by atoms with Gasteiger partial charge in [-0.25, -0.2) is 0 Å². The van der Waals surface area contributed by atoms with Crippen LogP contribution in [-0.4, -0.2) is 37.1 Å². The van der Waals surface area contributed by atoms with Gasteiger partial charge in [-0.2, -0.15) is 0 Å². The summed E-state index contributed by atoms with van der Waals surface area (Å²) < 4.78 is 0. The third-order valence-corrected chi connectivity index (χ3v) is 3.99. The molecule has 1 atom stereocenters. The van der Waals surface area contributed by atoms with Gasteiger partial charge in [-0.3, -0.25) is 0 Å². The molecule has 1 aliphatic heterocycles. The maximum absolute atomic E-state index is 3.39. The molecule has 0 amide bonds. The van der Waals surface area contributed by atoms with Crippen molar-refractivity contribution in [2.24, 2.45) is 0 Å². The molecule has 0 saturated carbocycles. The Morgan fingerprint density at radius 2 is 1.88 bits per heavy atom. The highest BCUT2D eigenvalue weighted by Crippen LogP contribution is 2.16. The predicted molar refractivity (Wildman–Crippen MR) is 76.5 cm³/mol. The number of unbranched alkanes of at least 4 members (excludes halogenated alkanes) is 3. The largest absolute Gasteiger partial charge is 0.317 e. The van der Waals surface area contributed by atoms with E-state index in [9.17, 15) is 0 Å². The standard InChI is InChI=1S/C15H32N2/c1-3-16-12-8-4-5-9-13-17-14-10-6-7-11-15(17)2/h15-16H,3-14H2,1-2H3. The number of hydrogen-bond donors (Lipinski definition) is 1. The Kier molecular flexibility index (Phi) is 8.72. The van der Waals surface area contributed by atoms with Crippen molar-refractivity contribution in [3.05, 3.63) is 0 Å². The lowest BCUT2D eigenvalue weighted by atomic mass is 10.1. The first-order valence-corrected chi connectivity index (χ1v) is 7.79. The molecule has 0 radical (unpaired) electrons. The van der Waals surface area contributed by atoms with E-state index >= 15 is 0 Å². The first-order valence-electron chi connectivity index (χ1n) is 7.79. The molecule has 2 nitrogen and oxygen atoms in total. The van der Waals surface area contributed by atoms with Gasteiger partial charge >= 0.3 is 0 Å². The summed E-state index contributed by atoms with van der Waals surface area (Å²) in [4.78, 5) is 2.72. The summed E-state index contributed by atoms with van der Waals surface area (Å²) in [5, 5.41) is 3.39. The second-order valence-corrected chi connectivity index (χ2v) is 5.50. The Labute approximate surface area is 108 Å². The molecule has 0 aliphatic carbocycles. The molecule has 1 heterocycles. The molecule has 1 unspecified atom stereocenters. The topological polar surface area (TPSA) is 15.3 Å². The summed E-state index contributed by atoms with van der Waals surface area (Å²) in [5.74, 6) is 0. The van der Waals surface area contributed by atoms with E-state index in [1.54, 1.807) is 0 Å². The molecule has 0 spiro atoms. The molecule has 0 aromatic carbocycles. The van der Waals surface area contributed by atoms with E-state index in [1.807, 2.05) is 0 Å². The minimum Gasteiger partial charge on any atom is -0.317 e. The van der Waals surface area contributed by atoms with Crippen LogP contribution >= 0.6 is 0 Å². The molecule has 1 aliphatic rings. The van der Waals surface area contributed by atoms with Crippen LogP contribution in [0.3, 0.4) is 0 Å². The van der Waals surface area contributed by atoms with Crippen molar-refractivity contribution in [3.8, 4) is 0 Å². The first kappa shape index (κ1) is 15.0. The molecule has 0 aromatic rings. The molecule has 1 saturated heterocycles. The number of hydrogen-bond acceptors (Lipinski definition) is 2. The van der Waals surface area contributed by atoms with Gasteiger partial charge in [0.05, 0.1) is 0 Å². The van der Waals surface area contributed by atoms with Crippen LogP contribution in [0.1, 0.15) is 65.2 Å². The highest BCUT2D eigenvalue weighted by Gasteiger charge is 2.15. The normalized spacial score (nSPS) is 22.6. The lowest BCUT2D eigenvalue weighted by molar-refractivity contribution is 0.209. The average Bonchev–Trinajstić information content (AvgIpc) is 2.53. The second kappa shape index (κ2) is 9.90. The van der Waals surface area contributed by atoms with Crippen molar-refractivity contribution in [2.45, 2.75) is 71.3 Å². The van der Waals surface area contributed by atoms with E-state index in [0.29, 0.717) is 0 Å². The highest BCUT2D eigenvalue weighted by atomic mass is 15.1. The van der Waals surface area contributed by atoms with E-state index in [2.05, 4.69) is 24.1 Å². The van der Waals surface area contributed by atoms with Crippen LogP contribution < -0.4 is 5.32 Å². The fourth-order valence-electron chi connectivity index (χ4n) is 2.76. The van der Waals surface area contributed by atoms with Crippen LogP contribution in [0, 0.1) is 0 Å². The molecule has 102 valence electrons. The van der Waals surface area contributed by atoms with Gasteiger partial charge < -0.3 is 10.2 Å². The Balaban J connectivity index is 1.97. The van der Waals surface area contributed by atoms with Crippen molar-refractivity contribution in [2.75, 3.05) is 26.2 Å². The molecule has 1 fully saturated rings. The first-order chi connectivity index (χ1) is 8.34. The number of nitrogens with zero attached hydrogens (tertiary/aromatic N) is 1. The molecule has 2 heteroatoms. The smallest absolute Gasteiger partial charge is 0.00669 e. The highest BCUT2D eigenvalue weighted by molar-refractivity contribution is 4.71. The lowest BCUT2D eigenvalue weighted by Crippen LogP contribution is -2.33. The zero-order chi connectivity index (χ0) is 12.3. The van der Waals surface area contributed by atoms with Gasteiger partial charge in [0.2, 0.25) is 0 Å². The predicted octanol–water partition coefficient (Wildman–Crippen LogP) is 3.42. The number of nitrogens with one attached hydrogen (secondary N) is 1. The number of likely N-dealkylation sites (tertiary alicyclic amines) is 1. The second-order valence-electron chi connectivity index (χ2n) is 5.50. The van der Waals surface area contributed by atoms with Gasteiger partial charge in [0, 0.05) is 6.04 Å². The monoisotopic (exact) mass is 240 g/mol. The summed E-state index contributed by atoms with van der Waals surface area (Å²) in [6, 6.07) is 0.833. The van der Waals surface area contributed by atoms with Gasteiger partial charge in [-0.1, -0.05) is 32.6 Å². The van der Waals surface area contributed by atoms with Crippen LogP contribution in [0.25, 0.3) is 0 Å². The molecule has 1 rings (SSSR count). The van der Waals surface area contributed by atoms with Crippen molar-refractivity contribution < 1.29 is 0 Å². The van der Waals surface area contributed by atoms with Gasteiger partial charge in [0.1, 0.15) is 0 Å². The zero-order valence-corrected chi connectivity index (χ0v) is 12.0. The third kappa shape index (κ3) is 7.05. The fourth-order valence-corrected chi connectivity index (χ4v) is 2.76. The van der Waals surface area contributed by atoms with E-state index < -0.39 is 0 Å². The van der Waals surface area contributed by atoms with Crippen molar-refractivity contribution in [1.82, 2.24) is 10.2 Å². The molecule has 0 bridgehead atoms. The Morgan fingerprint density at radius 1 is 1.06 bits per heavy atom. The van der Waals surface area contributed by atoms with Crippen molar-refractivity contribution >= 4 is 0 Å². The van der Waals surface area contributed by atoms with Gasteiger partial charge in [-0.15, -0.1) is 0 Å². The van der Waals surface area contributed by atoms with Crippen LogP contribution in [-0.2, 0) is 0 Å². The Hall–Kier alpha value is -0.0800. The molecular weight excluding hydrogens is 208 g/mol. The maximum atomic E-state index is 3.39. The molecule has 17 heavy (non-hydrogen) atoms. The maximum Gasteiger partial charge on any atom is 0.00669 e. The summed E-state index contributed by atoms with van der Waals surface area (Å²) in [6.07, 6.45) is 11.3. The third-order valence-electron chi connectivity index (χ3n) is 3.99. The summed E-state index contributed by atoms with van der Waals surface area (Å²) >= 11 is 0. The van der Waals surface area contributed by atoms with E-state index in [4.69, 9.17) is 0 Å². The number of rotatable bonds is 8. The quantitative estimate of drug-likeness (QED) is 0.654. The van der Waals surface area contributed by atoms with Gasteiger partial charge in [-0.05, 0) is 58.8 Å². The average molecular weight is 240 g/mol. The van der Waals surface area contributed by atoms with Gasteiger partial charge in [0.25, 0.3) is 0 Å². The SMILES string of the molecule is CCNCCCCCCN1CCCCCC1C. The summed E-state index contributed by atoms with van der Waals surface area (Å²) in [6.45, 7) is 9.60. The molecule has 0 aromatic heterocycles. The van der Waals surface area contributed by atoms with E-state index in [1.165, 1.54) is 71.0 Å². The van der Waals surface area contributed by atoms with Crippen LogP contribution in [0.2, 0.25) is 0 Å². The Bertz CT molecular complexity index is 170. The zero-order valence-electron chi connectivity index (χ0n) is 12.0. The summed E-state index contributed by atoms with van der Waals surface area (Å²) in [5.41, 5.74) is 0. The summed E-state index contributed by atoms with van der Waals surface area (Å²) in [7, 11) is 0. The van der Waals surface area contributed by atoms with Gasteiger partial charge in [0.15, 0.2) is 0 Å². The minimum absolute atomic E-state index is 0.833. The molecule has 1 N–H and O–H groups in total. The van der Waals surface area contributed by atoms with Crippen LogP contribution in [0.15, 0.2) is 0 Å². The van der Waals surface area contributed by atoms with Crippen LogP contribution in [0.5, 0.6) is 0 Å². The lowest BCUT2D eigenvalue weighted by Gasteiger charge is -2.26. The van der Waals surface area contributed by atoms with E-state index in [-0.39, 0.29) is 0 Å². The Morgan fingerprint density at radius 3 is 2.71 bits per heavy atom. The van der Waals surface area contributed by atoms with Crippen LogP contribution in [0.4, 0.5) is 0 Å². The van der Waals surface area contributed by atoms with E-state index in [0.717, 1.165) is 12.6 Å². The minimum atomic E-state index is 0.833. The molecular formula is C15H32N2. The fraction of sp³-hybridized carbons (Fsp3) is 1.00.